The molecule has 4 rings (SSSR count). The van der Waals surface area contributed by atoms with Crippen LogP contribution in [0.1, 0.15) is 33.3 Å². The van der Waals surface area contributed by atoms with Crippen molar-refractivity contribution in [3.05, 3.63) is 93.6 Å². The number of furan rings is 1. The lowest BCUT2D eigenvalue weighted by Gasteiger charge is -2.11. The van der Waals surface area contributed by atoms with E-state index in [1.807, 2.05) is 24.3 Å². The van der Waals surface area contributed by atoms with E-state index in [1.54, 1.807) is 24.3 Å². The van der Waals surface area contributed by atoms with Crippen LogP contribution in [0.5, 0.6) is 17.2 Å². The molecule has 0 fully saturated rings. The van der Waals surface area contributed by atoms with E-state index in [2.05, 4.69) is 62.9 Å². The second kappa shape index (κ2) is 12.2. The fourth-order valence-electron chi connectivity index (χ4n) is 3.76. The van der Waals surface area contributed by atoms with Crippen LogP contribution in [0.3, 0.4) is 0 Å². The third kappa shape index (κ3) is 6.28. The maximum atomic E-state index is 12.5. The molecule has 0 saturated heterocycles. The van der Waals surface area contributed by atoms with Crippen molar-refractivity contribution in [2.75, 3.05) is 13.7 Å². The lowest BCUT2D eigenvalue weighted by atomic mass is 10.2. The number of carbonyl (C=O) groups excluding carboxylic acids is 1. The molecule has 0 unspecified atom stereocenters. The molecule has 0 atom stereocenters. The van der Waals surface area contributed by atoms with Crippen molar-refractivity contribution < 1.29 is 23.4 Å². The molecule has 0 aliphatic rings. The second-order valence-corrected chi connectivity index (χ2v) is 9.07. The van der Waals surface area contributed by atoms with E-state index in [0.29, 0.717) is 33.0 Å². The molecule has 9 heteroatoms. The van der Waals surface area contributed by atoms with Crippen molar-refractivity contribution in [3.8, 4) is 35.3 Å². The van der Waals surface area contributed by atoms with Gasteiger partial charge in [-0.15, -0.1) is 6.42 Å². The van der Waals surface area contributed by atoms with Gasteiger partial charge in [0, 0.05) is 27.1 Å². The highest BCUT2D eigenvalue weighted by Crippen LogP contribution is 2.33. The van der Waals surface area contributed by atoms with Crippen LogP contribution < -0.4 is 19.6 Å². The highest BCUT2D eigenvalue weighted by Gasteiger charge is 2.12. The van der Waals surface area contributed by atoms with Gasteiger partial charge in [0.05, 0.1) is 13.3 Å². The number of rotatable bonds is 10. The maximum Gasteiger partial charge on any atom is 0.307 e. The van der Waals surface area contributed by atoms with Crippen LogP contribution in [0.25, 0.3) is 5.69 Å². The lowest BCUT2D eigenvalue weighted by molar-refractivity contribution is 0.0923. The van der Waals surface area contributed by atoms with Gasteiger partial charge in [-0.3, -0.25) is 4.79 Å². The minimum atomic E-state index is -0.494. The molecule has 2 aromatic heterocycles. The van der Waals surface area contributed by atoms with Gasteiger partial charge in [0.2, 0.25) is 0 Å². The summed E-state index contributed by atoms with van der Waals surface area (Å²) in [6.45, 7) is 4.43. The monoisotopic (exact) mass is 575 g/mol. The summed E-state index contributed by atoms with van der Waals surface area (Å²) in [6.07, 6.45) is 6.72. The third-order valence-corrected chi connectivity index (χ3v) is 6.28. The first-order valence-electron chi connectivity index (χ1n) is 11.6. The molecule has 8 nitrogen and oxygen atoms in total. The highest BCUT2D eigenvalue weighted by molar-refractivity contribution is 9.10. The zero-order chi connectivity index (χ0) is 27.1. The van der Waals surface area contributed by atoms with Gasteiger partial charge >= 0.3 is 5.91 Å². The molecule has 1 N–H and O–H groups in total. The van der Waals surface area contributed by atoms with Gasteiger partial charge in [-0.2, -0.15) is 5.10 Å². The zero-order valence-electron chi connectivity index (χ0n) is 21.2. The Morgan fingerprint density at radius 3 is 2.50 bits per heavy atom. The average molecular weight is 576 g/mol. The smallest absolute Gasteiger partial charge is 0.307 e. The SMILES string of the molecule is C#CCOc1cc(Br)c(/C=N/NC(=O)c2ccc(COc3ccc(-n4c(C)ccc4C)cc3)o2)cc1OC. The molecule has 2 heterocycles. The number of methoxy groups -OCH3 is 1. The van der Waals surface area contributed by atoms with Crippen molar-refractivity contribution in [2.24, 2.45) is 5.10 Å². The zero-order valence-corrected chi connectivity index (χ0v) is 22.7. The Kier molecular flexibility index (Phi) is 8.56. The van der Waals surface area contributed by atoms with E-state index in [-0.39, 0.29) is 19.0 Å². The number of hydrogen-bond donors (Lipinski definition) is 1. The van der Waals surface area contributed by atoms with Crippen LogP contribution >= 0.6 is 15.9 Å². The standard InChI is InChI=1S/C29H26BrN3O5/c1-5-14-36-28-16-25(30)21(15-27(28)35-4)17-31-32-29(34)26-13-12-24(38-26)18-37-23-10-8-22(9-11-23)33-19(2)6-7-20(33)3/h1,6-13,15-17H,14,18H2,2-4H3,(H,32,34)/b31-17+. The number of aromatic nitrogens is 1. The van der Waals surface area contributed by atoms with Crippen molar-refractivity contribution in [1.29, 1.82) is 0 Å². The van der Waals surface area contributed by atoms with Crippen LogP contribution in [0.2, 0.25) is 0 Å². The average Bonchev–Trinajstić information content (AvgIpc) is 3.53. The Labute approximate surface area is 229 Å². The quantitative estimate of drug-likeness (QED) is 0.146. The van der Waals surface area contributed by atoms with E-state index < -0.39 is 5.91 Å². The molecule has 4 aromatic rings. The summed E-state index contributed by atoms with van der Waals surface area (Å²) in [4.78, 5) is 12.5. The maximum absolute atomic E-state index is 12.5. The van der Waals surface area contributed by atoms with Gasteiger partial charge in [0.1, 0.15) is 24.7 Å². The third-order valence-electron chi connectivity index (χ3n) is 5.60. The van der Waals surface area contributed by atoms with Crippen molar-refractivity contribution in [1.82, 2.24) is 9.99 Å². The van der Waals surface area contributed by atoms with Crippen molar-refractivity contribution in [3.63, 3.8) is 0 Å². The van der Waals surface area contributed by atoms with Gasteiger partial charge in [0.15, 0.2) is 17.3 Å². The summed E-state index contributed by atoms with van der Waals surface area (Å²) in [5.74, 6) is 4.21. The van der Waals surface area contributed by atoms with E-state index in [9.17, 15) is 4.79 Å². The number of nitrogens with zero attached hydrogens (tertiary/aromatic N) is 2. The minimum absolute atomic E-state index is 0.114. The molecular weight excluding hydrogens is 550 g/mol. The predicted octanol–water partition coefficient (Wildman–Crippen LogP) is 5.81. The fourth-order valence-corrected chi connectivity index (χ4v) is 4.18. The summed E-state index contributed by atoms with van der Waals surface area (Å²) in [5, 5.41) is 4.01. The fraction of sp³-hybridized carbons (Fsp3) is 0.172. The molecule has 0 spiro atoms. The summed E-state index contributed by atoms with van der Waals surface area (Å²) < 4.78 is 25.1. The summed E-state index contributed by atoms with van der Waals surface area (Å²) in [7, 11) is 1.52. The van der Waals surface area contributed by atoms with Crippen LogP contribution in [-0.2, 0) is 6.61 Å². The Morgan fingerprint density at radius 1 is 1.08 bits per heavy atom. The largest absolute Gasteiger partial charge is 0.493 e. The molecule has 0 saturated carbocycles. The number of carbonyl (C=O) groups is 1. The first-order chi connectivity index (χ1) is 18.4. The molecule has 0 aliphatic carbocycles. The van der Waals surface area contributed by atoms with Gasteiger partial charge in [-0.25, -0.2) is 5.43 Å². The highest BCUT2D eigenvalue weighted by atomic mass is 79.9. The number of amides is 1. The number of ether oxygens (including phenoxy) is 3. The van der Waals surface area contributed by atoms with Crippen LogP contribution in [-0.4, -0.2) is 30.4 Å². The van der Waals surface area contributed by atoms with Gasteiger partial charge in [0.25, 0.3) is 0 Å². The Bertz CT molecular complexity index is 1480. The number of hydrazone groups is 1. The van der Waals surface area contributed by atoms with Crippen molar-refractivity contribution in [2.45, 2.75) is 20.5 Å². The molecule has 1 amide bonds. The van der Waals surface area contributed by atoms with Crippen molar-refractivity contribution >= 4 is 28.1 Å². The van der Waals surface area contributed by atoms with E-state index in [4.69, 9.17) is 25.1 Å². The predicted molar refractivity (Wildman–Crippen MR) is 148 cm³/mol. The number of terminal acetylenes is 1. The van der Waals surface area contributed by atoms with Crippen LogP contribution in [0.15, 0.2) is 74.7 Å². The van der Waals surface area contributed by atoms with E-state index >= 15 is 0 Å². The molecular formula is C29H26BrN3O5. The first-order valence-corrected chi connectivity index (χ1v) is 12.4. The summed E-state index contributed by atoms with van der Waals surface area (Å²) in [6, 6.07) is 18.7. The Hall–Kier alpha value is -4.42. The van der Waals surface area contributed by atoms with Crippen LogP contribution in [0.4, 0.5) is 0 Å². The first kappa shape index (κ1) is 26.6. The Morgan fingerprint density at radius 2 is 1.82 bits per heavy atom. The van der Waals surface area contributed by atoms with Gasteiger partial charge in [-0.1, -0.05) is 5.92 Å². The number of halogens is 1. The van der Waals surface area contributed by atoms with Crippen LogP contribution in [0, 0.1) is 26.2 Å². The molecule has 194 valence electrons. The molecule has 2 aromatic carbocycles. The summed E-state index contributed by atoms with van der Waals surface area (Å²) >= 11 is 3.45. The Balaban J connectivity index is 1.32. The number of hydrogen-bond acceptors (Lipinski definition) is 6. The molecule has 0 bridgehead atoms. The van der Waals surface area contributed by atoms with Gasteiger partial charge < -0.3 is 23.2 Å². The van der Waals surface area contributed by atoms with E-state index in [1.165, 1.54) is 13.3 Å². The molecule has 0 aliphatic heterocycles. The summed E-state index contributed by atoms with van der Waals surface area (Å²) in [5.41, 5.74) is 6.51. The number of aryl methyl sites for hydroxylation is 2. The topological polar surface area (TPSA) is 87.2 Å². The van der Waals surface area contributed by atoms with Gasteiger partial charge in [-0.05, 0) is 90.4 Å². The normalized spacial score (nSPS) is 10.8. The number of nitrogens with one attached hydrogen (secondary N) is 1. The molecule has 0 radical (unpaired) electrons. The second-order valence-electron chi connectivity index (χ2n) is 8.22. The lowest BCUT2D eigenvalue weighted by Crippen LogP contribution is -2.16. The number of benzene rings is 2. The minimum Gasteiger partial charge on any atom is -0.493 e. The van der Waals surface area contributed by atoms with E-state index in [0.717, 1.165) is 17.1 Å². The molecule has 38 heavy (non-hydrogen) atoms.